The highest BCUT2D eigenvalue weighted by atomic mass is 35.5. The molecule has 5 heteroatoms. The molecule has 30 heavy (non-hydrogen) atoms. The van der Waals surface area contributed by atoms with Crippen LogP contribution in [-0.4, -0.2) is 22.2 Å². The Kier molecular flexibility index (Phi) is 7.04. The largest absolute Gasteiger partial charge is 0.478 e. The third-order valence-corrected chi connectivity index (χ3v) is 5.21. The van der Waals surface area contributed by atoms with Crippen LogP contribution in [0.4, 0.5) is 0 Å². The van der Waals surface area contributed by atoms with Gasteiger partial charge in [0, 0.05) is 5.02 Å². The number of benzene rings is 3. The molecule has 0 radical (unpaired) electrons. The van der Waals surface area contributed by atoms with E-state index < -0.39 is 11.9 Å². The lowest BCUT2D eigenvalue weighted by Crippen LogP contribution is -2.10. The monoisotopic (exact) mass is 420 g/mol. The number of halogens is 1. The maximum Gasteiger partial charge on any atom is 0.335 e. The van der Waals surface area contributed by atoms with E-state index >= 15 is 0 Å². The van der Waals surface area contributed by atoms with Crippen LogP contribution in [0.2, 0.25) is 5.02 Å². The van der Waals surface area contributed by atoms with Crippen LogP contribution in [-0.2, 0) is 12.8 Å². The molecule has 0 saturated heterocycles. The van der Waals surface area contributed by atoms with Gasteiger partial charge >= 0.3 is 11.9 Å². The summed E-state index contributed by atoms with van der Waals surface area (Å²) < 4.78 is 0. The Balaban J connectivity index is 1.69. The van der Waals surface area contributed by atoms with Gasteiger partial charge in [-0.1, -0.05) is 72.3 Å². The summed E-state index contributed by atoms with van der Waals surface area (Å²) in [5.74, 6) is -2.25. The molecule has 0 amide bonds. The van der Waals surface area contributed by atoms with Crippen molar-refractivity contribution in [3.63, 3.8) is 0 Å². The summed E-state index contributed by atoms with van der Waals surface area (Å²) in [6.07, 6.45) is 5.56. The first kappa shape index (κ1) is 21.3. The van der Waals surface area contributed by atoms with Crippen LogP contribution in [0.25, 0.3) is 12.2 Å². The van der Waals surface area contributed by atoms with E-state index in [1.165, 1.54) is 18.2 Å². The van der Waals surface area contributed by atoms with Crippen molar-refractivity contribution in [3.8, 4) is 0 Å². The number of carboxylic acids is 2. The number of rotatable bonds is 8. The van der Waals surface area contributed by atoms with Gasteiger partial charge in [0.1, 0.15) is 0 Å². The quantitative estimate of drug-likeness (QED) is 0.433. The van der Waals surface area contributed by atoms with E-state index in [0.29, 0.717) is 29.8 Å². The summed E-state index contributed by atoms with van der Waals surface area (Å²) in [7, 11) is 0. The second-order valence-corrected chi connectivity index (χ2v) is 7.30. The molecule has 0 atom stereocenters. The summed E-state index contributed by atoms with van der Waals surface area (Å²) in [5.41, 5.74) is 3.43. The van der Waals surface area contributed by atoms with Crippen molar-refractivity contribution in [2.75, 3.05) is 0 Å². The molecule has 2 N–H and O–H groups in total. The summed E-state index contributed by atoms with van der Waals surface area (Å²) >= 11 is 6.43. The van der Waals surface area contributed by atoms with Crippen LogP contribution in [0.15, 0.2) is 66.7 Å². The fraction of sp³-hybridized carbons (Fsp3) is 0.120. The van der Waals surface area contributed by atoms with Crippen LogP contribution in [0.5, 0.6) is 0 Å². The number of hydrogen-bond acceptors (Lipinski definition) is 2. The molecule has 3 aromatic carbocycles. The van der Waals surface area contributed by atoms with Gasteiger partial charge in [-0.25, -0.2) is 9.59 Å². The van der Waals surface area contributed by atoms with E-state index in [9.17, 15) is 19.8 Å². The lowest BCUT2D eigenvalue weighted by Gasteiger charge is -2.11. The Morgan fingerprint density at radius 1 is 0.767 bits per heavy atom. The summed E-state index contributed by atoms with van der Waals surface area (Å²) in [6.45, 7) is 0. The molecule has 0 saturated carbocycles. The van der Waals surface area contributed by atoms with Gasteiger partial charge < -0.3 is 10.2 Å². The van der Waals surface area contributed by atoms with E-state index in [0.717, 1.165) is 16.7 Å². The number of carboxylic acid groups (broad SMARTS) is 2. The molecule has 152 valence electrons. The molecule has 0 heterocycles. The number of carbonyl (C=O) groups is 2. The van der Waals surface area contributed by atoms with Gasteiger partial charge in [-0.2, -0.15) is 0 Å². The topological polar surface area (TPSA) is 74.6 Å². The molecule has 0 unspecified atom stereocenters. The Bertz CT molecular complexity index is 1060. The average Bonchev–Trinajstić information content (AvgIpc) is 2.74. The minimum absolute atomic E-state index is 0.0300. The molecule has 3 rings (SSSR count). The zero-order valence-electron chi connectivity index (χ0n) is 16.2. The normalized spacial score (nSPS) is 11.0. The van der Waals surface area contributed by atoms with Gasteiger partial charge in [0.05, 0.1) is 11.1 Å². The van der Waals surface area contributed by atoms with Crippen molar-refractivity contribution in [2.24, 2.45) is 0 Å². The van der Waals surface area contributed by atoms with Gasteiger partial charge in [-0.05, 0) is 59.7 Å². The Morgan fingerprint density at radius 3 is 2.00 bits per heavy atom. The fourth-order valence-corrected chi connectivity index (χ4v) is 3.62. The smallest absolute Gasteiger partial charge is 0.335 e. The van der Waals surface area contributed by atoms with E-state index in [1.54, 1.807) is 0 Å². The van der Waals surface area contributed by atoms with Crippen molar-refractivity contribution in [1.29, 1.82) is 0 Å². The Morgan fingerprint density at radius 2 is 1.40 bits per heavy atom. The van der Waals surface area contributed by atoms with E-state index in [1.807, 2.05) is 60.7 Å². The highest BCUT2D eigenvalue weighted by molar-refractivity contribution is 6.31. The zero-order valence-corrected chi connectivity index (χ0v) is 17.0. The third kappa shape index (κ3) is 5.37. The molecular formula is C25H21ClO4. The van der Waals surface area contributed by atoms with Crippen LogP contribution >= 0.6 is 11.6 Å². The lowest BCUT2D eigenvalue weighted by molar-refractivity contribution is 0.0695. The first-order chi connectivity index (χ1) is 14.5. The van der Waals surface area contributed by atoms with Gasteiger partial charge in [-0.15, -0.1) is 0 Å². The van der Waals surface area contributed by atoms with Crippen LogP contribution in [0.3, 0.4) is 0 Å². The van der Waals surface area contributed by atoms with E-state index in [4.69, 9.17) is 11.6 Å². The molecule has 0 aromatic heterocycles. The summed E-state index contributed by atoms with van der Waals surface area (Å²) in [6, 6.07) is 20.1. The first-order valence-corrected chi connectivity index (χ1v) is 9.93. The first-order valence-electron chi connectivity index (χ1n) is 9.55. The maximum absolute atomic E-state index is 11.5. The number of aromatic carboxylic acids is 2. The average molecular weight is 421 g/mol. The van der Waals surface area contributed by atoms with Crippen molar-refractivity contribution in [1.82, 2.24) is 0 Å². The molecule has 0 fully saturated rings. The van der Waals surface area contributed by atoms with Crippen molar-refractivity contribution < 1.29 is 19.8 Å². The SMILES string of the molecule is O=C(O)c1cccc(C(=O)O)c1CCCc1ccc(C=Cc2ccccc2)cc1Cl. The molecule has 0 bridgehead atoms. The molecule has 3 aromatic rings. The summed E-state index contributed by atoms with van der Waals surface area (Å²) in [4.78, 5) is 22.9. The van der Waals surface area contributed by atoms with E-state index in [-0.39, 0.29) is 11.1 Å². The van der Waals surface area contributed by atoms with Gasteiger partial charge in [-0.3, -0.25) is 0 Å². The van der Waals surface area contributed by atoms with Crippen LogP contribution in [0.1, 0.15) is 49.4 Å². The number of hydrogen-bond donors (Lipinski definition) is 2. The predicted molar refractivity (Wildman–Crippen MR) is 119 cm³/mol. The second-order valence-electron chi connectivity index (χ2n) is 6.89. The molecule has 4 nitrogen and oxygen atoms in total. The summed E-state index contributed by atoms with van der Waals surface area (Å²) in [5, 5.41) is 19.4. The lowest BCUT2D eigenvalue weighted by atomic mass is 9.95. The van der Waals surface area contributed by atoms with Crippen molar-refractivity contribution >= 4 is 35.7 Å². The standard InChI is InChI=1S/C25H21ClO4/c26-23-16-18(13-12-17-6-2-1-3-7-17)14-15-19(23)8-4-9-20-21(24(27)28)10-5-11-22(20)25(29)30/h1-3,5-7,10-16H,4,8-9H2,(H,27,28)(H,29,30). The molecule has 0 aliphatic carbocycles. The second kappa shape index (κ2) is 9.90. The Labute approximate surface area is 180 Å². The van der Waals surface area contributed by atoms with Gasteiger partial charge in [0.2, 0.25) is 0 Å². The molecule has 0 spiro atoms. The van der Waals surface area contributed by atoms with Gasteiger partial charge in [0.15, 0.2) is 0 Å². The highest BCUT2D eigenvalue weighted by Gasteiger charge is 2.17. The number of aryl methyl sites for hydroxylation is 1. The van der Waals surface area contributed by atoms with Crippen LogP contribution < -0.4 is 0 Å². The highest BCUT2D eigenvalue weighted by Crippen LogP contribution is 2.23. The molecule has 0 aliphatic heterocycles. The molecule has 0 aliphatic rings. The van der Waals surface area contributed by atoms with Gasteiger partial charge in [0.25, 0.3) is 0 Å². The minimum atomic E-state index is -1.12. The predicted octanol–water partition coefficient (Wildman–Crippen LogP) is 6.08. The maximum atomic E-state index is 11.5. The molecular weight excluding hydrogens is 400 g/mol. The van der Waals surface area contributed by atoms with Crippen molar-refractivity contribution in [3.05, 3.63) is 105 Å². The third-order valence-electron chi connectivity index (χ3n) is 4.85. The van der Waals surface area contributed by atoms with Crippen LogP contribution in [0, 0.1) is 0 Å². The van der Waals surface area contributed by atoms with E-state index in [2.05, 4.69) is 0 Å². The fourth-order valence-electron chi connectivity index (χ4n) is 3.34. The minimum Gasteiger partial charge on any atom is -0.478 e. The zero-order chi connectivity index (χ0) is 21.5. The Hall–Kier alpha value is -3.37. The van der Waals surface area contributed by atoms with Crippen molar-refractivity contribution in [2.45, 2.75) is 19.3 Å².